The summed E-state index contributed by atoms with van der Waals surface area (Å²) in [5.74, 6) is -2.09. The number of nitrogens with zero attached hydrogens (tertiary/aromatic N) is 5. The molecule has 7 aromatic rings. The number of aromatic nitrogens is 7. The molecule has 1 aliphatic heterocycles. The first-order valence-electron chi connectivity index (χ1n) is 21.6. The van der Waals surface area contributed by atoms with Gasteiger partial charge in [0.2, 0.25) is 11.9 Å². The third-order valence-corrected chi connectivity index (χ3v) is 12.5. The molecule has 8 N–H and O–H groups in total. The lowest BCUT2D eigenvalue weighted by atomic mass is 9.91. The fourth-order valence-corrected chi connectivity index (χ4v) is 8.83. The number of carboxylic acid groups (broad SMARTS) is 1. The van der Waals surface area contributed by atoms with Crippen LogP contribution < -0.4 is 17.0 Å². The molecular formula is C47H51N9O8. The zero-order valence-electron chi connectivity index (χ0n) is 35.6. The number of nitrogen functional groups attached to an aromatic ring is 1. The number of ketones is 1. The lowest BCUT2D eigenvalue weighted by Crippen LogP contribution is -2.39. The molecule has 1 saturated heterocycles. The van der Waals surface area contributed by atoms with E-state index in [1.54, 1.807) is 29.3 Å². The fourth-order valence-electron chi connectivity index (χ4n) is 8.83. The number of fused-ring (bicyclic) bond motifs is 2. The van der Waals surface area contributed by atoms with Crippen LogP contribution in [-0.4, -0.2) is 85.3 Å². The molecule has 3 aromatic carbocycles. The Hall–Kier alpha value is -7.43. The van der Waals surface area contributed by atoms with Gasteiger partial charge in [0.25, 0.3) is 5.56 Å². The van der Waals surface area contributed by atoms with Crippen molar-refractivity contribution in [3.05, 3.63) is 116 Å². The number of carboxylic acids is 1. The summed E-state index contributed by atoms with van der Waals surface area (Å²) >= 11 is 0. The first-order chi connectivity index (χ1) is 30.7. The molecule has 1 fully saturated rings. The number of Topliss-reactive ketones (excluding diaryl/α,β-unsaturated/α-hetero) is 1. The highest BCUT2D eigenvalue weighted by Crippen LogP contribution is 2.37. The van der Waals surface area contributed by atoms with Crippen LogP contribution in [-0.2, 0) is 29.0 Å². The molecule has 1 aliphatic rings. The van der Waals surface area contributed by atoms with Gasteiger partial charge in [-0.1, -0.05) is 38.1 Å². The van der Waals surface area contributed by atoms with E-state index in [0.717, 1.165) is 47.8 Å². The van der Waals surface area contributed by atoms with Gasteiger partial charge >= 0.3 is 11.7 Å². The number of amides is 1. The van der Waals surface area contributed by atoms with Crippen molar-refractivity contribution in [2.45, 2.75) is 77.7 Å². The van der Waals surface area contributed by atoms with Gasteiger partial charge in [0.15, 0.2) is 11.6 Å². The molecule has 5 heterocycles. The van der Waals surface area contributed by atoms with E-state index in [1.807, 2.05) is 56.4 Å². The zero-order chi connectivity index (χ0) is 45.2. The smallest absolute Gasteiger partial charge is 0.348 e. The molecule has 332 valence electrons. The highest BCUT2D eigenvalue weighted by molar-refractivity contribution is 5.98. The minimum atomic E-state index is -1.11. The molecule has 64 heavy (non-hydrogen) atoms. The van der Waals surface area contributed by atoms with Crippen LogP contribution in [0.3, 0.4) is 0 Å². The Morgan fingerprint density at radius 3 is 2.45 bits per heavy atom. The summed E-state index contributed by atoms with van der Waals surface area (Å²) in [4.78, 5) is 75.4. The summed E-state index contributed by atoms with van der Waals surface area (Å²) in [7, 11) is 0. The number of phenols is 2. The number of nitrogens with two attached hydrogens (primary N) is 1. The minimum Gasteiger partial charge on any atom is -0.508 e. The Morgan fingerprint density at radius 2 is 1.72 bits per heavy atom. The number of hydrogen-bond acceptors (Lipinski definition) is 10. The molecule has 0 aliphatic carbocycles. The van der Waals surface area contributed by atoms with E-state index in [9.17, 15) is 39.3 Å². The number of aliphatic carboxylic acids is 1. The topological polar surface area (TPSA) is 258 Å². The van der Waals surface area contributed by atoms with Crippen molar-refractivity contribution in [2.24, 2.45) is 11.8 Å². The third-order valence-electron chi connectivity index (χ3n) is 12.5. The predicted molar refractivity (Wildman–Crippen MR) is 241 cm³/mol. The Bertz CT molecular complexity index is 2980. The van der Waals surface area contributed by atoms with Crippen LogP contribution in [0.1, 0.15) is 85.3 Å². The molecule has 17 nitrogen and oxygen atoms in total. The number of phenolic OH excluding ortho intramolecular Hbond substituents is 2. The lowest BCUT2D eigenvalue weighted by Gasteiger charge is -2.32. The molecule has 0 unspecified atom stereocenters. The van der Waals surface area contributed by atoms with Gasteiger partial charge in [-0.3, -0.25) is 24.2 Å². The van der Waals surface area contributed by atoms with Gasteiger partial charge in [0, 0.05) is 67.4 Å². The van der Waals surface area contributed by atoms with E-state index in [4.69, 9.17) is 5.73 Å². The number of rotatable bonds is 16. The molecule has 17 heteroatoms. The van der Waals surface area contributed by atoms with E-state index in [-0.39, 0.29) is 65.7 Å². The Labute approximate surface area is 366 Å². The molecule has 8 rings (SSSR count). The summed E-state index contributed by atoms with van der Waals surface area (Å²) in [6.07, 6.45) is 7.37. The highest BCUT2D eigenvalue weighted by atomic mass is 16.4. The SMILES string of the molecule is CC(C)c1cc(-c2n[nH]c(=O)n2-c2ccc3c(ccn3CCC3CCN(C(=O)CC[C@H](CC(=O)c4ccc(CCc5c[nH]c6nc(N)[nH]c(=O)c56)cc4)C(=O)O)CC3)c2)c(O)cc1O. The van der Waals surface area contributed by atoms with E-state index in [1.165, 1.54) is 10.6 Å². The fraction of sp³-hybridized carbons (Fsp3) is 0.340. The highest BCUT2D eigenvalue weighted by Gasteiger charge is 2.27. The molecule has 1 amide bonds. The Morgan fingerprint density at radius 1 is 0.953 bits per heavy atom. The first kappa shape index (κ1) is 43.2. The van der Waals surface area contributed by atoms with Crippen LogP contribution in [0, 0.1) is 11.8 Å². The number of carbonyl (C=O) groups excluding carboxylic acids is 2. The molecule has 4 aromatic heterocycles. The summed E-state index contributed by atoms with van der Waals surface area (Å²) < 4.78 is 3.58. The van der Waals surface area contributed by atoms with Crippen LogP contribution in [0.4, 0.5) is 5.95 Å². The second-order valence-electron chi connectivity index (χ2n) is 17.0. The first-order valence-corrected chi connectivity index (χ1v) is 21.6. The second-order valence-corrected chi connectivity index (χ2v) is 17.0. The number of hydrogen-bond donors (Lipinski definition) is 7. The van der Waals surface area contributed by atoms with Gasteiger partial charge in [-0.15, -0.1) is 0 Å². The molecule has 0 bridgehead atoms. The molecule has 1 atom stereocenters. The maximum atomic E-state index is 13.2. The normalized spacial score (nSPS) is 13.9. The summed E-state index contributed by atoms with van der Waals surface area (Å²) in [5.41, 5.74) is 9.94. The minimum absolute atomic E-state index is 0.0248. The van der Waals surface area contributed by atoms with Gasteiger partial charge in [0.05, 0.1) is 22.6 Å². The number of piperidine rings is 1. The number of aromatic hydroxyl groups is 2. The van der Waals surface area contributed by atoms with Gasteiger partial charge < -0.3 is 35.5 Å². The van der Waals surface area contributed by atoms with Crippen molar-refractivity contribution in [2.75, 3.05) is 18.8 Å². The molecule has 0 spiro atoms. The molecular weight excluding hydrogens is 819 g/mol. The number of carbonyl (C=O) groups is 3. The third kappa shape index (κ3) is 9.05. The van der Waals surface area contributed by atoms with E-state index in [2.05, 4.69) is 29.7 Å². The van der Waals surface area contributed by atoms with Crippen molar-refractivity contribution < 1.29 is 29.7 Å². The Kier molecular flexibility index (Phi) is 12.2. The summed E-state index contributed by atoms with van der Waals surface area (Å²) in [6.45, 7) is 5.78. The van der Waals surface area contributed by atoms with Crippen molar-refractivity contribution in [1.29, 1.82) is 0 Å². The largest absolute Gasteiger partial charge is 0.508 e. The monoisotopic (exact) mass is 869 g/mol. The number of anilines is 1. The number of aromatic amines is 3. The summed E-state index contributed by atoms with van der Waals surface area (Å²) in [6, 6.07) is 17.6. The average Bonchev–Trinajstić information content (AvgIpc) is 3.99. The lowest BCUT2D eigenvalue weighted by molar-refractivity contribution is -0.142. The quantitative estimate of drug-likeness (QED) is 0.0552. The van der Waals surface area contributed by atoms with Gasteiger partial charge in [-0.2, -0.15) is 10.1 Å². The van der Waals surface area contributed by atoms with Crippen LogP contribution in [0.25, 0.3) is 39.0 Å². The maximum Gasteiger partial charge on any atom is 0.348 e. The zero-order valence-corrected chi connectivity index (χ0v) is 35.6. The maximum absolute atomic E-state index is 13.2. The van der Waals surface area contributed by atoms with Crippen LogP contribution >= 0.6 is 0 Å². The van der Waals surface area contributed by atoms with Crippen molar-refractivity contribution in [3.63, 3.8) is 0 Å². The predicted octanol–water partition coefficient (Wildman–Crippen LogP) is 6.03. The number of aryl methyl sites for hydroxylation is 3. The van der Waals surface area contributed by atoms with Gasteiger partial charge in [0.1, 0.15) is 17.1 Å². The van der Waals surface area contributed by atoms with Crippen LogP contribution in [0.15, 0.2) is 82.6 Å². The van der Waals surface area contributed by atoms with E-state index < -0.39 is 17.6 Å². The van der Waals surface area contributed by atoms with Gasteiger partial charge in [-0.05, 0) is 97.4 Å². The molecule has 0 radical (unpaired) electrons. The number of likely N-dealkylation sites (tertiary alicyclic amines) is 1. The average molecular weight is 870 g/mol. The molecule has 0 saturated carbocycles. The van der Waals surface area contributed by atoms with E-state index in [0.29, 0.717) is 65.3 Å². The Balaban J connectivity index is 0.805. The number of nitrogens with one attached hydrogen (secondary N) is 3. The number of H-pyrrole nitrogens is 3. The van der Waals surface area contributed by atoms with Crippen molar-refractivity contribution in [1.82, 2.24) is 39.2 Å². The van der Waals surface area contributed by atoms with Crippen LogP contribution in [0.2, 0.25) is 0 Å². The summed E-state index contributed by atoms with van der Waals surface area (Å²) in [5, 5.41) is 39.1. The number of benzene rings is 3. The van der Waals surface area contributed by atoms with Crippen LogP contribution in [0.5, 0.6) is 11.5 Å². The van der Waals surface area contributed by atoms with Crippen molar-refractivity contribution in [3.8, 4) is 28.6 Å². The second kappa shape index (κ2) is 18.1. The van der Waals surface area contributed by atoms with Gasteiger partial charge in [-0.25, -0.2) is 14.5 Å². The van der Waals surface area contributed by atoms with E-state index >= 15 is 0 Å². The van der Waals surface area contributed by atoms with Crippen molar-refractivity contribution >= 4 is 45.5 Å². The standard InChI is InChI=1S/C47H51N9O8/c1-26(2)34-23-35(39(59)24-38(34)58)43-52-53-47(64)56(43)33-10-11-36-30(21-33)16-20-54(36)17-13-28-14-18-55(19-15-28)40(60)12-9-31(45(62)63)22-37(57)29-6-3-27(4-7-29)5-8-32-25-49-42-41(32)44(61)51-46(48)50-42/h3-4,6-7,10-11,16,20-21,23-26,28,31,58-59H,5,8-9,12-15,17-19,22H2,1-2H3,(H,53,64)(H,62,63)(H4,48,49,50,51,61)/t31-/m1/s1.